The molecule has 0 bridgehead atoms. The average molecular weight is 535 g/mol. The number of imidazole rings is 1. The quantitative estimate of drug-likeness (QED) is 0.287. The van der Waals surface area contributed by atoms with Crippen LogP contribution in [0.3, 0.4) is 0 Å². The lowest BCUT2D eigenvalue weighted by Crippen LogP contribution is -2.36. The van der Waals surface area contributed by atoms with Crippen LogP contribution in [-0.4, -0.2) is 41.7 Å². The first-order chi connectivity index (χ1) is 14.6. The summed E-state index contributed by atoms with van der Waals surface area (Å²) in [5.74, 6) is 1.63. The van der Waals surface area contributed by atoms with Gasteiger partial charge in [-0.25, -0.2) is 4.98 Å². The lowest BCUT2D eigenvalue weighted by molar-refractivity contribution is 0.140. The summed E-state index contributed by atoms with van der Waals surface area (Å²) in [5, 5.41) is 6.72. The first-order valence-corrected chi connectivity index (χ1v) is 10.3. The lowest BCUT2D eigenvalue weighted by atomic mass is 10.1. The smallest absolute Gasteiger partial charge is 0.191 e. The van der Waals surface area contributed by atoms with Gasteiger partial charge in [-0.2, -0.15) is 0 Å². The molecule has 8 heteroatoms. The highest BCUT2D eigenvalue weighted by Crippen LogP contribution is 2.23. The normalized spacial score (nSPS) is 16.2. The van der Waals surface area contributed by atoms with E-state index in [1.54, 1.807) is 7.05 Å². The second-order valence-electron chi connectivity index (χ2n) is 7.62. The molecule has 2 N–H and O–H groups in total. The summed E-state index contributed by atoms with van der Waals surface area (Å²) in [6.07, 6.45) is 3.12. The molecule has 166 valence electrons. The molecule has 0 spiro atoms. The number of hydrogen-bond acceptors (Lipinski definition) is 4. The Morgan fingerprint density at radius 3 is 2.81 bits per heavy atom. The molecule has 0 amide bonds. The number of hydrogen-bond donors (Lipinski definition) is 2. The molecule has 0 aliphatic carbocycles. The third-order valence-corrected chi connectivity index (χ3v) is 5.26. The van der Waals surface area contributed by atoms with Gasteiger partial charge >= 0.3 is 0 Å². The summed E-state index contributed by atoms with van der Waals surface area (Å²) >= 11 is 0. The van der Waals surface area contributed by atoms with Crippen molar-refractivity contribution in [2.24, 2.45) is 4.99 Å². The van der Waals surface area contributed by atoms with E-state index in [1.807, 2.05) is 12.1 Å². The lowest BCUT2D eigenvalue weighted by Gasteiger charge is -2.18. The van der Waals surface area contributed by atoms with Gasteiger partial charge in [0.2, 0.25) is 0 Å². The van der Waals surface area contributed by atoms with Gasteiger partial charge in [0.1, 0.15) is 17.5 Å². The van der Waals surface area contributed by atoms with Gasteiger partial charge in [-0.15, -0.1) is 24.0 Å². The van der Waals surface area contributed by atoms with E-state index < -0.39 is 0 Å². The van der Waals surface area contributed by atoms with Crippen molar-refractivity contribution < 1.29 is 9.47 Å². The topological polar surface area (TPSA) is 72.2 Å². The van der Waals surface area contributed by atoms with Gasteiger partial charge in [0.25, 0.3) is 0 Å². The number of aromatic nitrogens is 2. The molecule has 4 rings (SSSR count). The zero-order valence-corrected chi connectivity index (χ0v) is 20.6. The van der Waals surface area contributed by atoms with Crippen LogP contribution < -0.4 is 15.4 Å². The molecule has 1 unspecified atom stereocenters. The van der Waals surface area contributed by atoms with E-state index in [9.17, 15) is 0 Å². The maximum absolute atomic E-state index is 6.19. The third-order valence-electron chi connectivity index (χ3n) is 5.26. The molecule has 1 saturated heterocycles. The number of aliphatic imine (C=N–C) groups is 1. The number of pyridine rings is 1. The van der Waals surface area contributed by atoms with Crippen molar-refractivity contribution >= 4 is 35.6 Å². The molecule has 2 aromatic heterocycles. The second kappa shape index (κ2) is 10.8. The molecule has 0 radical (unpaired) electrons. The minimum absolute atomic E-state index is 0. The van der Waals surface area contributed by atoms with Crippen molar-refractivity contribution in [1.29, 1.82) is 0 Å². The summed E-state index contributed by atoms with van der Waals surface area (Å²) in [6.45, 7) is 6.79. The first-order valence-electron chi connectivity index (χ1n) is 10.3. The number of guanidine groups is 1. The molecule has 1 aliphatic rings. The van der Waals surface area contributed by atoms with E-state index in [1.165, 1.54) is 5.56 Å². The van der Waals surface area contributed by atoms with Gasteiger partial charge in [-0.1, -0.05) is 18.2 Å². The van der Waals surface area contributed by atoms with Crippen LogP contribution in [0.15, 0.2) is 47.6 Å². The highest BCUT2D eigenvalue weighted by atomic mass is 127. The highest BCUT2D eigenvalue weighted by molar-refractivity contribution is 14.0. The minimum Gasteiger partial charge on any atom is -0.488 e. The monoisotopic (exact) mass is 535 g/mol. The van der Waals surface area contributed by atoms with Crippen molar-refractivity contribution in [3.63, 3.8) is 0 Å². The van der Waals surface area contributed by atoms with E-state index in [4.69, 9.17) is 9.47 Å². The zero-order chi connectivity index (χ0) is 20.9. The Morgan fingerprint density at radius 1 is 1.23 bits per heavy atom. The molecule has 7 nitrogen and oxygen atoms in total. The maximum atomic E-state index is 6.19. The van der Waals surface area contributed by atoms with Crippen LogP contribution in [0.25, 0.3) is 5.65 Å². The Labute approximate surface area is 200 Å². The zero-order valence-electron chi connectivity index (χ0n) is 18.2. The minimum atomic E-state index is 0. The Bertz CT molecular complexity index is 1040. The summed E-state index contributed by atoms with van der Waals surface area (Å²) in [6, 6.07) is 12.4. The molecular weight excluding hydrogens is 505 g/mol. The van der Waals surface area contributed by atoms with Crippen LogP contribution in [0.2, 0.25) is 0 Å². The molecule has 0 saturated carbocycles. The number of nitrogens with zero attached hydrogens (tertiary/aromatic N) is 3. The third kappa shape index (κ3) is 5.88. The Morgan fingerprint density at radius 2 is 2.06 bits per heavy atom. The fourth-order valence-corrected chi connectivity index (χ4v) is 3.56. The van der Waals surface area contributed by atoms with Gasteiger partial charge in [-0.3, -0.25) is 4.99 Å². The van der Waals surface area contributed by atoms with E-state index in [-0.39, 0.29) is 30.1 Å². The number of nitrogens with one attached hydrogen (secondary N) is 2. The van der Waals surface area contributed by atoms with Crippen molar-refractivity contribution in [3.05, 3.63) is 65.1 Å². The molecule has 1 aliphatic heterocycles. The predicted molar refractivity (Wildman–Crippen MR) is 133 cm³/mol. The summed E-state index contributed by atoms with van der Waals surface area (Å²) in [7, 11) is 1.77. The van der Waals surface area contributed by atoms with Crippen LogP contribution in [0.4, 0.5) is 0 Å². The highest BCUT2D eigenvalue weighted by Gasteiger charge is 2.18. The number of fused-ring (bicyclic) bond motifs is 1. The van der Waals surface area contributed by atoms with Crippen LogP contribution >= 0.6 is 24.0 Å². The maximum Gasteiger partial charge on any atom is 0.191 e. The number of rotatable bonds is 6. The average Bonchev–Trinajstić information content (AvgIpc) is 3.39. The summed E-state index contributed by atoms with van der Waals surface area (Å²) in [5.41, 5.74) is 5.35. The van der Waals surface area contributed by atoms with Crippen LogP contribution in [-0.2, 0) is 17.8 Å². The SMILES string of the molecule is CN=C(NCc1cn2c(C)cccc2n1)NCc1ccc(C)cc1OC1CCOC1.I. The van der Waals surface area contributed by atoms with Crippen molar-refractivity contribution in [2.45, 2.75) is 39.5 Å². The van der Waals surface area contributed by atoms with E-state index in [0.717, 1.165) is 47.3 Å². The number of benzene rings is 1. The molecular formula is C23H30IN5O2. The van der Waals surface area contributed by atoms with Crippen molar-refractivity contribution in [3.8, 4) is 5.75 Å². The Kier molecular flexibility index (Phi) is 8.14. The fraction of sp³-hybridized carbons (Fsp3) is 0.391. The molecule has 31 heavy (non-hydrogen) atoms. The van der Waals surface area contributed by atoms with Crippen LogP contribution in [0.1, 0.15) is 28.9 Å². The van der Waals surface area contributed by atoms with E-state index in [0.29, 0.717) is 19.7 Å². The number of halogens is 1. The van der Waals surface area contributed by atoms with Crippen LogP contribution in [0, 0.1) is 13.8 Å². The molecule has 1 aromatic carbocycles. The Balaban J connectivity index is 0.00000272. The standard InChI is InChI=1S/C23H29N5O2.HI/c1-16-7-8-18(21(11-16)30-20-9-10-29-15-20)12-25-23(24-3)26-13-19-14-28-17(2)5-4-6-22(28)27-19;/h4-8,11,14,20H,9-10,12-13,15H2,1-3H3,(H2,24,25,26);1H. The van der Waals surface area contributed by atoms with Crippen molar-refractivity contribution in [2.75, 3.05) is 20.3 Å². The van der Waals surface area contributed by atoms with Crippen LogP contribution in [0.5, 0.6) is 5.75 Å². The second-order valence-corrected chi connectivity index (χ2v) is 7.62. The molecule has 3 aromatic rings. The summed E-state index contributed by atoms with van der Waals surface area (Å²) in [4.78, 5) is 9.00. The van der Waals surface area contributed by atoms with Crippen molar-refractivity contribution in [1.82, 2.24) is 20.0 Å². The number of aryl methyl sites for hydroxylation is 2. The number of ether oxygens (including phenoxy) is 2. The fourth-order valence-electron chi connectivity index (χ4n) is 3.56. The molecule has 3 heterocycles. The predicted octanol–water partition coefficient (Wildman–Crippen LogP) is 3.60. The summed E-state index contributed by atoms with van der Waals surface area (Å²) < 4.78 is 13.7. The van der Waals surface area contributed by atoms with Gasteiger partial charge in [-0.05, 0) is 37.6 Å². The van der Waals surface area contributed by atoms with Gasteiger partial charge in [0.15, 0.2) is 5.96 Å². The van der Waals surface area contributed by atoms with Gasteiger partial charge in [0, 0.05) is 37.5 Å². The van der Waals surface area contributed by atoms with Gasteiger partial charge < -0.3 is 24.5 Å². The van der Waals surface area contributed by atoms with Gasteiger partial charge in [0.05, 0.1) is 25.5 Å². The van der Waals surface area contributed by atoms with E-state index >= 15 is 0 Å². The molecule has 1 fully saturated rings. The first kappa shape index (κ1) is 23.3. The molecule has 1 atom stereocenters. The Hall–Kier alpha value is -2.33. The van der Waals surface area contributed by atoms with E-state index in [2.05, 4.69) is 69.3 Å². The largest absolute Gasteiger partial charge is 0.488 e.